The Bertz CT molecular complexity index is 836. The van der Waals surface area contributed by atoms with E-state index in [4.69, 9.17) is 21.1 Å². The molecule has 2 heterocycles. The number of nitrogens with one attached hydrogen (secondary N) is 1. The number of phenols is 1. The van der Waals surface area contributed by atoms with Crippen LogP contribution in [0.3, 0.4) is 0 Å². The first-order chi connectivity index (χ1) is 14.8. The van der Waals surface area contributed by atoms with Gasteiger partial charge < -0.3 is 24.0 Å². The summed E-state index contributed by atoms with van der Waals surface area (Å²) in [6, 6.07) is 3.05. The Morgan fingerprint density at radius 3 is 2.50 bits per heavy atom. The van der Waals surface area contributed by atoms with E-state index in [-0.39, 0.29) is 30.2 Å². The van der Waals surface area contributed by atoms with E-state index in [0.29, 0.717) is 36.5 Å². The number of carbonyl (C=O) groups is 1. The molecule has 1 amide bonds. The van der Waals surface area contributed by atoms with Crippen LogP contribution in [0, 0.1) is 12.8 Å². The van der Waals surface area contributed by atoms with Crippen molar-refractivity contribution in [1.82, 2.24) is 9.62 Å². The Morgan fingerprint density at radius 1 is 1.34 bits per heavy atom. The van der Waals surface area contributed by atoms with E-state index < -0.39 is 28.0 Å². The average molecular weight is 487 g/mol. The van der Waals surface area contributed by atoms with Gasteiger partial charge in [0.1, 0.15) is 10.5 Å². The number of aryl methyl sites for hydroxylation is 1. The van der Waals surface area contributed by atoms with Gasteiger partial charge in [0.25, 0.3) is 5.91 Å². The lowest BCUT2D eigenvalue weighted by atomic mass is 9.85. The van der Waals surface area contributed by atoms with Crippen LogP contribution in [0.1, 0.15) is 64.6 Å². The van der Waals surface area contributed by atoms with Gasteiger partial charge in [0, 0.05) is 35.0 Å². The minimum Gasteiger partial charge on any atom is -0.598 e. The second-order valence-corrected chi connectivity index (χ2v) is 12.5. The molecule has 1 aromatic carbocycles. The first kappa shape index (κ1) is 25.6. The molecule has 2 unspecified atom stereocenters. The summed E-state index contributed by atoms with van der Waals surface area (Å²) in [6.45, 7) is 12.5. The lowest BCUT2D eigenvalue weighted by molar-refractivity contribution is -0.161. The van der Waals surface area contributed by atoms with Crippen LogP contribution in [0.4, 0.5) is 0 Å². The van der Waals surface area contributed by atoms with Crippen LogP contribution in [0.25, 0.3) is 0 Å². The molecule has 0 aromatic heterocycles. The van der Waals surface area contributed by atoms with Crippen molar-refractivity contribution in [2.75, 3.05) is 19.7 Å². The standard InChI is InChI=1S/C23H35ClN2O5S/c1-14-11-18(27)16(12-17(14)24)20(25-32(29)22(2,3)4)15-7-9-26(10-8-15)21(28)19-13-30-23(5,6)31-19/h11-12,15,19-20,25,27H,7-10,13H2,1-6H3/t19-,20?,32?/m1/s1. The number of phenolic OH excluding ortho intramolecular Hbond substituents is 1. The number of nitrogens with zero attached hydrogens (tertiary/aromatic N) is 1. The monoisotopic (exact) mass is 486 g/mol. The molecule has 2 aliphatic heterocycles. The number of hydrogen-bond donors (Lipinski definition) is 2. The first-order valence-electron chi connectivity index (χ1n) is 11.1. The molecule has 3 atom stereocenters. The Hall–Kier alpha value is -1.03. The molecule has 7 nitrogen and oxygen atoms in total. The summed E-state index contributed by atoms with van der Waals surface area (Å²) in [5, 5.41) is 11.2. The molecule has 2 fully saturated rings. The molecule has 180 valence electrons. The summed E-state index contributed by atoms with van der Waals surface area (Å²) in [4.78, 5) is 14.7. The normalized spacial score (nSPS) is 23.9. The predicted octanol–water partition coefficient (Wildman–Crippen LogP) is 3.84. The number of carbonyl (C=O) groups excluding carboxylic acids is 1. The number of hydrogen-bond acceptors (Lipinski definition) is 6. The van der Waals surface area contributed by atoms with E-state index in [2.05, 4.69) is 4.72 Å². The third-order valence-electron chi connectivity index (χ3n) is 6.04. The summed E-state index contributed by atoms with van der Waals surface area (Å²) < 4.78 is 27.0. The zero-order chi connectivity index (χ0) is 23.8. The summed E-state index contributed by atoms with van der Waals surface area (Å²) in [5.41, 5.74) is 1.42. The Labute approximate surface area is 199 Å². The molecule has 3 rings (SSSR count). The highest BCUT2D eigenvalue weighted by Gasteiger charge is 2.41. The topological polar surface area (TPSA) is 94.1 Å². The smallest absolute Gasteiger partial charge is 0.254 e. The van der Waals surface area contributed by atoms with Crippen molar-refractivity contribution in [1.29, 1.82) is 0 Å². The van der Waals surface area contributed by atoms with Gasteiger partial charge in [0.2, 0.25) is 0 Å². The average Bonchev–Trinajstić information content (AvgIpc) is 3.07. The minimum absolute atomic E-state index is 0.0574. The van der Waals surface area contributed by atoms with Crippen LogP contribution in [-0.4, -0.2) is 56.8 Å². The number of ether oxygens (including phenoxy) is 2. The molecule has 0 spiro atoms. The maximum Gasteiger partial charge on any atom is 0.254 e. The molecule has 2 N–H and O–H groups in total. The number of amides is 1. The van der Waals surface area contributed by atoms with Crippen LogP contribution in [0.5, 0.6) is 5.75 Å². The summed E-state index contributed by atoms with van der Waals surface area (Å²) in [7, 11) is 0. The van der Waals surface area contributed by atoms with Crippen molar-refractivity contribution in [3.05, 3.63) is 28.3 Å². The summed E-state index contributed by atoms with van der Waals surface area (Å²) in [6.07, 6.45) is 0.822. The highest BCUT2D eigenvalue weighted by atomic mass is 35.5. The second-order valence-electron chi connectivity index (χ2n) is 10.1. The van der Waals surface area contributed by atoms with Gasteiger partial charge in [-0.05, 0) is 78.0 Å². The molecule has 32 heavy (non-hydrogen) atoms. The largest absolute Gasteiger partial charge is 0.598 e. The molecular formula is C23H35ClN2O5S. The van der Waals surface area contributed by atoms with Crippen LogP contribution in [0.2, 0.25) is 5.02 Å². The molecule has 2 saturated heterocycles. The van der Waals surface area contributed by atoms with E-state index in [1.165, 1.54) is 0 Å². The fraction of sp³-hybridized carbons (Fsp3) is 0.696. The molecule has 0 aliphatic carbocycles. The van der Waals surface area contributed by atoms with Gasteiger partial charge in [-0.1, -0.05) is 11.6 Å². The zero-order valence-electron chi connectivity index (χ0n) is 19.7. The molecule has 0 saturated carbocycles. The summed E-state index contributed by atoms with van der Waals surface area (Å²) >= 11 is 5.02. The number of likely N-dealkylation sites (tertiary alicyclic amines) is 1. The number of halogens is 1. The summed E-state index contributed by atoms with van der Waals surface area (Å²) in [5.74, 6) is -0.592. The van der Waals surface area contributed by atoms with E-state index in [9.17, 15) is 14.5 Å². The zero-order valence-corrected chi connectivity index (χ0v) is 21.3. The van der Waals surface area contributed by atoms with E-state index >= 15 is 0 Å². The fourth-order valence-corrected chi connectivity index (χ4v) is 5.18. The van der Waals surface area contributed by atoms with Crippen LogP contribution < -0.4 is 4.72 Å². The second kappa shape index (κ2) is 9.68. The van der Waals surface area contributed by atoms with Gasteiger partial charge in [-0.15, -0.1) is 4.72 Å². The number of aromatic hydroxyl groups is 1. The third-order valence-corrected chi connectivity index (χ3v) is 8.03. The SMILES string of the molecule is Cc1cc(O)c(C(N[S+]([O-])C(C)(C)C)C2CCN(C(=O)[C@H]3COC(C)(C)O3)CC2)cc1Cl. The maximum absolute atomic E-state index is 13.0. The number of piperidine rings is 1. The Kier molecular flexibility index (Phi) is 7.74. The fourth-order valence-electron chi connectivity index (χ4n) is 4.10. The van der Waals surface area contributed by atoms with Crippen LogP contribution in [-0.2, 0) is 25.6 Å². The van der Waals surface area contributed by atoms with Gasteiger partial charge in [0.05, 0.1) is 12.6 Å². The lowest BCUT2D eigenvalue weighted by Crippen LogP contribution is -2.48. The maximum atomic E-state index is 13.0. The highest BCUT2D eigenvalue weighted by molar-refractivity contribution is 7.90. The van der Waals surface area contributed by atoms with Gasteiger partial charge in [-0.2, -0.15) is 0 Å². The van der Waals surface area contributed by atoms with Gasteiger partial charge in [-0.3, -0.25) is 4.79 Å². The van der Waals surface area contributed by atoms with E-state index in [1.807, 2.05) is 32.6 Å². The van der Waals surface area contributed by atoms with Crippen molar-refractivity contribution in [2.24, 2.45) is 5.92 Å². The van der Waals surface area contributed by atoms with Crippen LogP contribution >= 0.6 is 11.6 Å². The molecule has 0 radical (unpaired) electrons. The van der Waals surface area contributed by atoms with Crippen molar-refractivity contribution in [3.8, 4) is 5.75 Å². The Morgan fingerprint density at radius 2 is 1.97 bits per heavy atom. The quantitative estimate of drug-likeness (QED) is 0.614. The van der Waals surface area contributed by atoms with Gasteiger partial charge in [0.15, 0.2) is 11.9 Å². The number of benzene rings is 1. The van der Waals surface area contributed by atoms with E-state index in [1.54, 1.807) is 26.0 Å². The first-order valence-corrected chi connectivity index (χ1v) is 12.6. The van der Waals surface area contributed by atoms with Crippen LogP contribution in [0.15, 0.2) is 12.1 Å². The Balaban J connectivity index is 1.75. The van der Waals surface area contributed by atoms with Crippen molar-refractivity contribution >= 4 is 28.9 Å². The van der Waals surface area contributed by atoms with Crippen molar-refractivity contribution in [2.45, 2.75) is 77.1 Å². The highest BCUT2D eigenvalue weighted by Crippen LogP contribution is 2.39. The van der Waals surface area contributed by atoms with Crippen molar-refractivity contribution < 1.29 is 23.9 Å². The lowest BCUT2D eigenvalue weighted by Gasteiger charge is -2.38. The predicted molar refractivity (Wildman–Crippen MR) is 126 cm³/mol. The molecule has 2 aliphatic rings. The molecule has 1 aromatic rings. The van der Waals surface area contributed by atoms with Gasteiger partial charge in [-0.25, -0.2) is 0 Å². The molecular weight excluding hydrogens is 452 g/mol. The third kappa shape index (κ3) is 5.90. The number of rotatable bonds is 5. The van der Waals surface area contributed by atoms with Gasteiger partial charge >= 0.3 is 0 Å². The minimum atomic E-state index is -1.34. The van der Waals surface area contributed by atoms with Crippen molar-refractivity contribution in [3.63, 3.8) is 0 Å². The molecule has 9 heteroatoms. The molecule has 0 bridgehead atoms. The van der Waals surface area contributed by atoms with E-state index in [0.717, 1.165) is 5.56 Å².